The fraction of sp³-hybridized carbons (Fsp3) is 0.647. The summed E-state index contributed by atoms with van der Waals surface area (Å²) in [5, 5.41) is 9.99. The molecular weight excluding hydrogens is 220 g/mol. The van der Waals surface area contributed by atoms with E-state index in [4.69, 9.17) is 0 Å². The van der Waals surface area contributed by atoms with Gasteiger partial charge in [0.25, 0.3) is 0 Å². The molecule has 0 spiro atoms. The summed E-state index contributed by atoms with van der Waals surface area (Å²) in [6.07, 6.45) is 2.59. The van der Waals surface area contributed by atoms with Crippen molar-refractivity contribution in [3.05, 3.63) is 35.4 Å². The molecule has 0 bridgehead atoms. The molecule has 0 aromatic heterocycles. The first kappa shape index (κ1) is 15.2. The average molecular weight is 248 g/mol. The maximum Gasteiger partial charge on any atom is 0.0548 e. The van der Waals surface area contributed by atoms with E-state index >= 15 is 0 Å². The van der Waals surface area contributed by atoms with E-state index in [-0.39, 0.29) is 11.5 Å². The van der Waals surface area contributed by atoms with E-state index in [0.717, 1.165) is 19.3 Å². The van der Waals surface area contributed by atoms with Crippen LogP contribution in [0.2, 0.25) is 0 Å². The Kier molecular flexibility index (Phi) is 5.40. The second-order valence-corrected chi connectivity index (χ2v) is 6.31. The van der Waals surface area contributed by atoms with Crippen LogP contribution in [0.3, 0.4) is 0 Å². The molecule has 1 heteroatoms. The van der Waals surface area contributed by atoms with E-state index in [0.29, 0.717) is 5.92 Å². The van der Waals surface area contributed by atoms with Crippen LogP contribution in [0.4, 0.5) is 0 Å². The van der Waals surface area contributed by atoms with Gasteiger partial charge in [-0.25, -0.2) is 0 Å². The number of hydrogen-bond donors (Lipinski definition) is 1. The van der Waals surface area contributed by atoms with Crippen LogP contribution in [-0.2, 0) is 5.41 Å². The van der Waals surface area contributed by atoms with E-state index in [1.165, 1.54) is 11.1 Å². The number of benzene rings is 1. The van der Waals surface area contributed by atoms with Gasteiger partial charge in [0.2, 0.25) is 0 Å². The first-order valence-corrected chi connectivity index (χ1v) is 7.15. The Balaban J connectivity index is 2.78. The van der Waals surface area contributed by atoms with Crippen molar-refractivity contribution in [2.24, 2.45) is 0 Å². The smallest absolute Gasteiger partial charge is 0.0548 e. The van der Waals surface area contributed by atoms with Crippen molar-refractivity contribution in [2.45, 2.75) is 71.3 Å². The minimum atomic E-state index is -0.185. The molecule has 0 fully saturated rings. The van der Waals surface area contributed by atoms with Crippen LogP contribution < -0.4 is 0 Å². The van der Waals surface area contributed by atoms with Crippen molar-refractivity contribution in [2.75, 3.05) is 0 Å². The predicted molar refractivity (Wildman–Crippen MR) is 79.1 cm³/mol. The molecule has 0 amide bonds. The fourth-order valence-electron chi connectivity index (χ4n) is 2.46. The second kappa shape index (κ2) is 6.38. The van der Waals surface area contributed by atoms with Gasteiger partial charge in [-0.3, -0.25) is 0 Å². The van der Waals surface area contributed by atoms with Crippen LogP contribution >= 0.6 is 0 Å². The number of hydrogen-bond acceptors (Lipinski definition) is 1. The highest BCUT2D eigenvalue weighted by molar-refractivity contribution is 5.29. The number of aliphatic hydroxyl groups excluding tert-OH is 1. The Morgan fingerprint density at radius 3 is 2.11 bits per heavy atom. The van der Waals surface area contributed by atoms with Gasteiger partial charge in [0.15, 0.2) is 0 Å². The molecule has 0 aliphatic carbocycles. The van der Waals surface area contributed by atoms with Gasteiger partial charge in [0, 0.05) is 0 Å². The van der Waals surface area contributed by atoms with Crippen molar-refractivity contribution < 1.29 is 5.11 Å². The number of aliphatic hydroxyl groups is 1. The molecule has 102 valence electrons. The molecular formula is C17H28O. The Morgan fingerprint density at radius 1 is 1.11 bits per heavy atom. The van der Waals surface area contributed by atoms with E-state index in [9.17, 15) is 5.11 Å². The maximum atomic E-state index is 9.99. The minimum Gasteiger partial charge on any atom is -0.393 e. The zero-order chi connectivity index (χ0) is 13.8. The molecule has 1 rings (SSSR count). The minimum absolute atomic E-state index is 0.0457. The van der Waals surface area contributed by atoms with Crippen LogP contribution in [0.5, 0.6) is 0 Å². The lowest BCUT2D eigenvalue weighted by atomic mass is 9.78. The van der Waals surface area contributed by atoms with Gasteiger partial charge in [0.1, 0.15) is 0 Å². The molecule has 1 atom stereocenters. The molecule has 0 radical (unpaired) electrons. The zero-order valence-electron chi connectivity index (χ0n) is 12.5. The van der Waals surface area contributed by atoms with Gasteiger partial charge in [-0.1, -0.05) is 65.3 Å². The summed E-state index contributed by atoms with van der Waals surface area (Å²) in [6, 6.07) is 8.86. The summed E-state index contributed by atoms with van der Waals surface area (Å²) in [4.78, 5) is 0. The summed E-state index contributed by atoms with van der Waals surface area (Å²) < 4.78 is 0. The van der Waals surface area contributed by atoms with Crippen molar-refractivity contribution in [3.8, 4) is 0 Å². The van der Waals surface area contributed by atoms with E-state index < -0.39 is 0 Å². The first-order valence-electron chi connectivity index (χ1n) is 7.15. The quantitative estimate of drug-likeness (QED) is 0.777. The molecule has 1 aromatic rings. The second-order valence-electron chi connectivity index (χ2n) is 6.31. The maximum absolute atomic E-state index is 9.99. The van der Waals surface area contributed by atoms with Crippen LogP contribution in [0, 0.1) is 0 Å². The summed E-state index contributed by atoms with van der Waals surface area (Å²) in [6.45, 7) is 11.0. The molecule has 1 nitrogen and oxygen atoms in total. The van der Waals surface area contributed by atoms with Crippen molar-refractivity contribution in [1.82, 2.24) is 0 Å². The monoisotopic (exact) mass is 248 g/mol. The molecule has 0 saturated heterocycles. The summed E-state index contributed by atoms with van der Waals surface area (Å²) >= 11 is 0. The summed E-state index contributed by atoms with van der Waals surface area (Å²) in [5.74, 6) is 0.577. The molecule has 0 aliphatic heterocycles. The van der Waals surface area contributed by atoms with E-state index in [2.05, 4.69) is 58.9 Å². The largest absolute Gasteiger partial charge is 0.393 e. The molecule has 1 aromatic carbocycles. The van der Waals surface area contributed by atoms with Gasteiger partial charge >= 0.3 is 0 Å². The lowest BCUT2D eigenvalue weighted by Crippen LogP contribution is -2.24. The molecule has 0 aliphatic rings. The summed E-state index contributed by atoms with van der Waals surface area (Å²) in [7, 11) is 0. The topological polar surface area (TPSA) is 20.2 Å². The standard InChI is InChI=1S/C17H28O/c1-6-7-16(18)12-17(4,5)15-10-8-14(9-11-15)13(2)3/h8-11,13,16,18H,6-7,12H2,1-5H3. The van der Waals surface area contributed by atoms with E-state index in [1.807, 2.05) is 0 Å². The SMILES string of the molecule is CCCC(O)CC(C)(C)c1ccc(C(C)C)cc1. The van der Waals surface area contributed by atoms with Gasteiger partial charge in [-0.2, -0.15) is 0 Å². The van der Waals surface area contributed by atoms with Crippen LogP contribution in [0.1, 0.15) is 70.9 Å². The lowest BCUT2D eigenvalue weighted by Gasteiger charge is -2.28. The molecule has 1 unspecified atom stereocenters. The predicted octanol–water partition coefficient (Wildman–Crippen LogP) is 4.64. The van der Waals surface area contributed by atoms with Crippen molar-refractivity contribution in [3.63, 3.8) is 0 Å². The third kappa shape index (κ3) is 4.13. The third-order valence-electron chi connectivity index (χ3n) is 3.73. The molecule has 1 N–H and O–H groups in total. The van der Waals surface area contributed by atoms with Gasteiger partial charge in [-0.15, -0.1) is 0 Å². The average Bonchev–Trinajstić information content (AvgIpc) is 2.28. The normalized spacial score (nSPS) is 13.9. The molecule has 0 saturated carbocycles. The van der Waals surface area contributed by atoms with Gasteiger partial charge in [-0.05, 0) is 35.3 Å². The molecule has 0 heterocycles. The number of rotatable bonds is 6. The highest BCUT2D eigenvalue weighted by Crippen LogP contribution is 2.30. The van der Waals surface area contributed by atoms with Crippen molar-refractivity contribution >= 4 is 0 Å². The van der Waals surface area contributed by atoms with Crippen LogP contribution in [0.25, 0.3) is 0 Å². The third-order valence-corrected chi connectivity index (χ3v) is 3.73. The van der Waals surface area contributed by atoms with Gasteiger partial charge < -0.3 is 5.11 Å². The Labute approximate surface area is 112 Å². The Bertz CT molecular complexity index is 348. The first-order chi connectivity index (χ1) is 8.36. The van der Waals surface area contributed by atoms with Crippen molar-refractivity contribution in [1.29, 1.82) is 0 Å². The zero-order valence-corrected chi connectivity index (χ0v) is 12.5. The van der Waals surface area contributed by atoms with Crippen LogP contribution in [0.15, 0.2) is 24.3 Å². The highest BCUT2D eigenvalue weighted by atomic mass is 16.3. The Morgan fingerprint density at radius 2 is 1.67 bits per heavy atom. The lowest BCUT2D eigenvalue weighted by molar-refractivity contribution is 0.129. The fourth-order valence-corrected chi connectivity index (χ4v) is 2.46. The van der Waals surface area contributed by atoms with E-state index in [1.54, 1.807) is 0 Å². The van der Waals surface area contributed by atoms with Gasteiger partial charge in [0.05, 0.1) is 6.10 Å². The highest BCUT2D eigenvalue weighted by Gasteiger charge is 2.23. The summed E-state index contributed by atoms with van der Waals surface area (Å²) in [5.41, 5.74) is 2.75. The Hall–Kier alpha value is -0.820. The molecule has 18 heavy (non-hydrogen) atoms. The van der Waals surface area contributed by atoms with Crippen LogP contribution in [-0.4, -0.2) is 11.2 Å².